The van der Waals surface area contributed by atoms with Crippen molar-refractivity contribution in [2.24, 2.45) is 0 Å². The number of nitriles is 1. The number of aromatic nitrogens is 1. The molecule has 182 valence electrons. The molecule has 0 unspecified atom stereocenters. The second kappa shape index (κ2) is 16.2. The molecule has 0 fully saturated rings. The number of anilines is 1. The molecule has 0 aliphatic heterocycles. The fourth-order valence-corrected chi connectivity index (χ4v) is 2.84. The molecule has 8 heteroatoms. The lowest BCUT2D eigenvalue weighted by Crippen LogP contribution is -2.44. The van der Waals surface area contributed by atoms with Crippen LogP contribution in [0.3, 0.4) is 0 Å². The van der Waals surface area contributed by atoms with E-state index in [1.54, 1.807) is 13.2 Å². The van der Waals surface area contributed by atoms with E-state index in [4.69, 9.17) is 14.3 Å². The van der Waals surface area contributed by atoms with E-state index in [1.807, 2.05) is 67.3 Å². The molecule has 0 atom stereocenters. The van der Waals surface area contributed by atoms with Crippen molar-refractivity contribution in [3.8, 4) is 6.07 Å². The molecule has 33 heavy (non-hydrogen) atoms. The minimum atomic E-state index is -0.529. The van der Waals surface area contributed by atoms with Crippen molar-refractivity contribution < 1.29 is 18.7 Å². The molecule has 0 aliphatic rings. The average Bonchev–Trinajstić information content (AvgIpc) is 3.30. The van der Waals surface area contributed by atoms with Gasteiger partial charge in [0.15, 0.2) is 0 Å². The lowest BCUT2D eigenvalue weighted by molar-refractivity contribution is -0.0987. The number of carbonyl (C=O) groups excluding carboxylic acids is 2. The first kappa shape index (κ1) is 31.7. The summed E-state index contributed by atoms with van der Waals surface area (Å²) in [4.78, 5) is 20.6. The molecule has 0 saturated heterocycles. The van der Waals surface area contributed by atoms with Gasteiger partial charge in [0, 0.05) is 25.2 Å². The summed E-state index contributed by atoms with van der Waals surface area (Å²) in [7, 11) is 1.69. The van der Waals surface area contributed by atoms with Crippen LogP contribution in [0, 0.1) is 18.3 Å². The highest BCUT2D eigenvalue weighted by Crippen LogP contribution is 2.30. The molecule has 7 nitrogen and oxygen atoms in total. The van der Waals surface area contributed by atoms with Crippen LogP contribution in [0.25, 0.3) is 10.9 Å². The van der Waals surface area contributed by atoms with Crippen molar-refractivity contribution in [2.45, 2.75) is 47.1 Å². The van der Waals surface area contributed by atoms with Gasteiger partial charge in [0.05, 0.1) is 34.6 Å². The number of benzene rings is 1. The minimum Gasteiger partial charge on any atom is -0.379 e. The Hall–Kier alpha value is -3.44. The van der Waals surface area contributed by atoms with Gasteiger partial charge >= 0.3 is 0 Å². The van der Waals surface area contributed by atoms with E-state index in [0.29, 0.717) is 24.5 Å². The first-order valence-corrected chi connectivity index (χ1v) is 10.5. The van der Waals surface area contributed by atoms with E-state index in [0.717, 1.165) is 16.5 Å². The largest absolute Gasteiger partial charge is 0.379 e. The van der Waals surface area contributed by atoms with E-state index < -0.39 is 11.5 Å². The van der Waals surface area contributed by atoms with Gasteiger partial charge < -0.3 is 29.5 Å². The van der Waals surface area contributed by atoms with Gasteiger partial charge in [-0.3, -0.25) is 0 Å². The molecule has 0 spiro atoms. The van der Waals surface area contributed by atoms with Gasteiger partial charge in [0.2, 0.25) is 5.95 Å². The molecule has 0 saturated carbocycles. The lowest BCUT2D eigenvalue weighted by Gasteiger charge is -2.36. The third kappa shape index (κ3) is 8.20. The van der Waals surface area contributed by atoms with Crippen LogP contribution in [0.5, 0.6) is 0 Å². The number of nitrogens with zero attached hydrogens (tertiary/aromatic N) is 2. The van der Waals surface area contributed by atoms with Gasteiger partial charge in [-0.1, -0.05) is 26.5 Å². The van der Waals surface area contributed by atoms with Crippen molar-refractivity contribution in [3.63, 3.8) is 0 Å². The van der Waals surface area contributed by atoms with Crippen LogP contribution in [0.1, 0.15) is 45.7 Å². The molecule has 0 radical (unpaired) electrons. The van der Waals surface area contributed by atoms with Crippen molar-refractivity contribution in [3.05, 3.63) is 53.8 Å². The molecule has 0 bridgehead atoms. The number of aryl methyl sites for hydroxylation is 1. The normalized spacial score (nSPS) is 10.6. The van der Waals surface area contributed by atoms with Gasteiger partial charge in [-0.2, -0.15) is 9.65 Å². The van der Waals surface area contributed by atoms with Crippen molar-refractivity contribution >= 4 is 30.2 Å². The van der Waals surface area contributed by atoms with Crippen molar-refractivity contribution in [1.82, 2.24) is 9.88 Å². The third-order valence-corrected chi connectivity index (χ3v) is 4.72. The number of fused-ring (bicyclic) bond motifs is 1. The fraction of sp³-hybridized carbons (Fsp3) is 0.400. The van der Waals surface area contributed by atoms with Gasteiger partial charge in [-0.15, -0.1) is 0 Å². The highest BCUT2D eigenvalue weighted by molar-refractivity contribution is 5.97. The summed E-state index contributed by atoms with van der Waals surface area (Å²) in [5.41, 5.74) is 2.70. The number of allylic oxidation sites excluding steroid dienone is 1. The Morgan fingerprint density at radius 2 is 1.88 bits per heavy atom. The quantitative estimate of drug-likeness (QED) is 0.399. The van der Waals surface area contributed by atoms with Crippen LogP contribution in [-0.2, 0) is 14.3 Å². The zero-order valence-electron chi connectivity index (χ0n) is 20.8. The van der Waals surface area contributed by atoms with E-state index >= 15 is 4.39 Å². The van der Waals surface area contributed by atoms with Gasteiger partial charge in [-0.25, -0.2) is 0 Å². The number of ether oxygens (including phenoxy) is 1. The van der Waals surface area contributed by atoms with Gasteiger partial charge in [0.1, 0.15) is 19.6 Å². The van der Waals surface area contributed by atoms with E-state index in [-0.39, 0.29) is 5.70 Å². The molecule has 2 rings (SSSR count). The molecule has 1 heterocycles. The predicted octanol–water partition coefficient (Wildman–Crippen LogP) is 5.49. The number of halogens is 1. The highest BCUT2D eigenvalue weighted by atomic mass is 19.1. The summed E-state index contributed by atoms with van der Waals surface area (Å²) in [5, 5.41) is 13.2. The second-order valence-corrected chi connectivity index (χ2v) is 7.04. The number of likely N-dealkylation sites (N-methyl/N-ethyl adjacent to an activating group) is 1. The Morgan fingerprint density at radius 1 is 1.30 bits per heavy atom. The standard InChI is InChI=1S/C21H27FN4O.C2H6.2CH2O/c1-7-16(20(22)26(6)21(4,5)13-27-8-2)25-17-10-9-14(3)18-15(11-23)12-24-19(17)18;3*1-2/h7,9-10,12,24-25H,1,8,13H2,2-6H3;1-2H3;2*1H2/b20-16+;;;. The van der Waals surface area contributed by atoms with Crippen LogP contribution < -0.4 is 5.32 Å². The minimum absolute atomic E-state index is 0.250. The van der Waals surface area contributed by atoms with Gasteiger partial charge in [0.25, 0.3) is 0 Å². The summed E-state index contributed by atoms with van der Waals surface area (Å²) in [6.45, 7) is 20.4. The Balaban J connectivity index is 0. The summed E-state index contributed by atoms with van der Waals surface area (Å²) in [6.07, 6.45) is 3.11. The molecule has 1 aromatic carbocycles. The van der Waals surface area contributed by atoms with E-state index in [2.05, 4.69) is 22.9 Å². The van der Waals surface area contributed by atoms with Crippen LogP contribution >= 0.6 is 0 Å². The van der Waals surface area contributed by atoms with Crippen molar-refractivity contribution in [2.75, 3.05) is 25.6 Å². The summed E-state index contributed by atoms with van der Waals surface area (Å²) in [5.74, 6) is -0.435. The number of rotatable bonds is 8. The zero-order valence-corrected chi connectivity index (χ0v) is 20.8. The van der Waals surface area contributed by atoms with Crippen molar-refractivity contribution in [1.29, 1.82) is 5.26 Å². The van der Waals surface area contributed by atoms with Crippen LogP contribution in [0.15, 0.2) is 42.6 Å². The lowest BCUT2D eigenvalue weighted by atomic mass is 10.1. The number of carbonyl (C=O) groups is 2. The topological polar surface area (TPSA) is 98.2 Å². The number of H-pyrrole nitrogens is 1. The summed E-state index contributed by atoms with van der Waals surface area (Å²) < 4.78 is 20.6. The smallest absolute Gasteiger partial charge is 0.213 e. The van der Waals surface area contributed by atoms with E-state index in [1.165, 1.54) is 11.0 Å². The number of hydrogen-bond donors (Lipinski definition) is 2. The Bertz CT molecular complexity index is 943. The second-order valence-electron chi connectivity index (χ2n) is 7.04. The predicted molar refractivity (Wildman–Crippen MR) is 134 cm³/mol. The molecular weight excluding hydrogens is 423 g/mol. The Morgan fingerprint density at radius 3 is 2.36 bits per heavy atom. The van der Waals surface area contributed by atoms with Gasteiger partial charge in [-0.05, 0) is 45.4 Å². The Kier molecular flexibility index (Phi) is 15.6. The highest BCUT2D eigenvalue weighted by Gasteiger charge is 2.27. The number of aromatic amines is 1. The first-order chi connectivity index (χ1) is 15.8. The molecular formula is C25H37FN4O3. The van der Waals surface area contributed by atoms with Crippen LogP contribution in [0.2, 0.25) is 0 Å². The maximum Gasteiger partial charge on any atom is 0.213 e. The van der Waals surface area contributed by atoms with E-state index in [9.17, 15) is 5.26 Å². The SMILES string of the molecule is C=C/C(Nc1ccc(C)c2c(C#N)c[nH]c12)=C(/F)N(C)C(C)(C)COCC.C=O.C=O.CC. The maximum absolute atomic E-state index is 15.2. The summed E-state index contributed by atoms with van der Waals surface area (Å²) in [6, 6.07) is 5.94. The molecule has 0 amide bonds. The summed E-state index contributed by atoms with van der Waals surface area (Å²) >= 11 is 0. The third-order valence-electron chi connectivity index (χ3n) is 4.72. The first-order valence-electron chi connectivity index (χ1n) is 10.5. The molecule has 2 N–H and O–H groups in total. The monoisotopic (exact) mass is 460 g/mol. The molecule has 0 aliphatic carbocycles. The average molecular weight is 461 g/mol. The van der Waals surface area contributed by atoms with Crippen LogP contribution in [0.4, 0.5) is 10.1 Å². The Labute approximate surface area is 196 Å². The number of nitrogens with one attached hydrogen (secondary N) is 2. The molecule has 2 aromatic rings. The maximum atomic E-state index is 15.2. The zero-order chi connectivity index (χ0) is 26.2. The number of hydrogen-bond acceptors (Lipinski definition) is 6. The fourth-order valence-electron chi connectivity index (χ4n) is 2.84. The molecule has 1 aromatic heterocycles. The van der Waals surface area contributed by atoms with Crippen LogP contribution in [-0.4, -0.2) is 49.3 Å².